The molecule has 3 aromatic rings. The number of nitrogens with one attached hydrogen (secondary N) is 2. The Bertz CT molecular complexity index is 767. The molecule has 0 aliphatic carbocycles. The molecule has 5 nitrogen and oxygen atoms in total. The van der Waals surface area contributed by atoms with Crippen molar-refractivity contribution >= 4 is 5.69 Å². The van der Waals surface area contributed by atoms with Gasteiger partial charge in [0.25, 0.3) is 0 Å². The summed E-state index contributed by atoms with van der Waals surface area (Å²) in [5.74, 6) is 2.40. The van der Waals surface area contributed by atoms with E-state index in [9.17, 15) is 0 Å². The molecule has 2 aromatic carbocycles. The van der Waals surface area contributed by atoms with Crippen LogP contribution in [0.15, 0.2) is 48.5 Å². The number of para-hydroxylation sites is 1. The molecule has 0 atom stereocenters. The summed E-state index contributed by atoms with van der Waals surface area (Å²) in [4.78, 5) is 4.35. The van der Waals surface area contributed by atoms with Gasteiger partial charge in [-0.15, -0.1) is 0 Å². The average Bonchev–Trinajstić information content (AvgIpc) is 3.00. The Labute approximate surface area is 129 Å². The number of hydrogen-bond donors (Lipinski definition) is 2. The summed E-state index contributed by atoms with van der Waals surface area (Å²) in [5, 5.41) is 10.5. The lowest BCUT2D eigenvalue weighted by Crippen LogP contribution is -2.01. The highest BCUT2D eigenvalue weighted by atomic mass is 16.5. The molecule has 0 spiro atoms. The maximum Gasteiger partial charge on any atom is 0.181 e. The maximum absolute atomic E-state index is 5.37. The monoisotopic (exact) mass is 294 g/mol. The van der Waals surface area contributed by atoms with Crippen molar-refractivity contribution < 1.29 is 4.74 Å². The Kier molecular flexibility index (Phi) is 4.05. The zero-order chi connectivity index (χ0) is 15.4. The molecule has 0 amide bonds. The molecule has 0 aliphatic rings. The molecule has 0 radical (unpaired) electrons. The molecular formula is C17H18N4O. The van der Waals surface area contributed by atoms with Crippen LogP contribution in [0.1, 0.15) is 11.4 Å². The van der Waals surface area contributed by atoms with E-state index in [-0.39, 0.29) is 0 Å². The topological polar surface area (TPSA) is 62.8 Å². The highest BCUT2D eigenvalue weighted by Gasteiger charge is 2.05. The van der Waals surface area contributed by atoms with Crippen LogP contribution >= 0.6 is 0 Å². The normalized spacial score (nSPS) is 10.5. The molecule has 0 aliphatic heterocycles. The number of rotatable bonds is 5. The number of ether oxygens (including phenoxy) is 1. The van der Waals surface area contributed by atoms with Crippen LogP contribution in [-0.4, -0.2) is 22.3 Å². The Morgan fingerprint density at radius 2 is 2.00 bits per heavy atom. The van der Waals surface area contributed by atoms with E-state index in [0.29, 0.717) is 12.4 Å². The molecule has 112 valence electrons. The molecule has 1 heterocycles. The number of aryl methyl sites for hydroxylation is 1. The summed E-state index contributed by atoms with van der Waals surface area (Å²) < 4.78 is 5.37. The van der Waals surface area contributed by atoms with Crippen LogP contribution in [0.25, 0.3) is 11.4 Å². The van der Waals surface area contributed by atoms with Gasteiger partial charge >= 0.3 is 0 Å². The Balaban J connectivity index is 1.76. The fourth-order valence-electron chi connectivity index (χ4n) is 2.29. The Morgan fingerprint density at radius 3 is 2.77 bits per heavy atom. The molecule has 2 N–H and O–H groups in total. The van der Waals surface area contributed by atoms with E-state index >= 15 is 0 Å². The minimum Gasteiger partial charge on any atom is -0.496 e. The van der Waals surface area contributed by atoms with Crippen molar-refractivity contribution in [3.63, 3.8) is 0 Å². The van der Waals surface area contributed by atoms with Crippen molar-refractivity contribution in [2.24, 2.45) is 0 Å². The largest absolute Gasteiger partial charge is 0.496 e. The summed E-state index contributed by atoms with van der Waals surface area (Å²) >= 11 is 0. The molecular weight excluding hydrogens is 276 g/mol. The number of aromatic amines is 1. The van der Waals surface area contributed by atoms with Gasteiger partial charge < -0.3 is 10.1 Å². The van der Waals surface area contributed by atoms with Crippen LogP contribution in [0.2, 0.25) is 0 Å². The average molecular weight is 294 g/mol. The fourth-order valence-corrected chi connectivity index (χ4v) is 2.29. The predicted molar refractivity (Wildman–Crippen MR) is 86.9 cm³/mol. The molecule has 1 aromatic heterocycles. The zero-order valence-electron chi connectivity index (χ0n) is 12.6. The molecule has 0 fully saturated rings. The molecule has 0 bridgehead atoms. The van der Waals surface area contributed by atoms with Crippen molar-refractivity contribution in [3.05, 3.63) is 59.9 Å². The Hall–Kier alpha value is -2.82. The fraction of sp³-hybridized carbons (Fsp3) is 0.176. The quantitative estimate of drug-likeness (QED) is 0.757. The zero-order valence-corrected chi connectivity index (χ0v) is 12.6. The molecule has 0 unspecified atom stereocenters. The summed E-state index contributed by atoms with van der Waals surface area (Å²) in [6.07, 6.45) is 0. The third-order valence-electron chi connectivity index (χ3n) is 3.39. The van der Waals surface area contributed by atoms with E-state index < -0.39 is 0 Å². The van der Waals surface area contributed by atoms with Gasteiger partial charge in [-0.25, -0.2) is 4.98 Å². The van der Waals surface area contributed by atoms with Gasteiger partial charge in [0.05, 0.1) is 7.11 Å². The highest BCUT2D eigenvalue weighted by molar-refractivity contribution is 5.62. The van der Waals surface area contributed by atoms with Gasteiger partial charge in [-0.1, -0.05) is 30.3 Å². The summed E-state index contributed by atoms with van der Waals surface area (Å²) in [5.41, 5.74) is 3.12. The minimum absolute atomic E-state index is 0.695. The van der Waals surface area contributed by atoms with Crippen LogP contribution in [0.3, 0.4) is 0 Å². The van der Waals surface area contributed by atoms with Crippen molar-refractivity contribution in [1.82, 2.24) is 15.2 Å². The first kappa shape index (κ1) is 14.1. The van der Waals surface area contributed by atoms with Crippen LogP contribution in [-0.2, 0) is 6.54 Å². The number of H-pyrrole nitrogens is 1. The van der Waals surface area contributed by atoms with E-state index in [1.807, 2.05) is 55.5 Å². The number of aromatic nitrogens is 3. The number of methoxy groups -OCH3 is 1. The molecule has 0 saturated heterocycles. The number of nitrogens with zero attached hydrogens (tertiary/aromatic N) is 2. The van der Waals surface area contributed by atoms with Crippen LogP contribution in [0.5, 0.6) is 5.75 Å². The van der Waals surface area contributed by atoms with Gasteiger partial charge in [-0.2, -0.15) is 5.10 Å². The Morgan fingerprint density at radius 1 is 1.14 bits per heavy atom. The lowest BCUT2D eigenvalue weighted by molar-refractivity contribution is 0.410. The molecule has 3 rings (SSSR count). The van der Waals surface area contributed by atoms with Gasteiger partial charge in [-0.05, 0) is 25.1 Å². The lowest BCUT2D eigenvalue weighted by atomic mass is 10.1. The van der Waals surface area contributed by atoms with E-state index in [1.54, 1.807) is 7.11 Å². The second-order valence-electron chi connectivity index (χ2n) is 4.99. The second-order valence-corrected chi connectivity index (χ2v) is 4.99. The lowest BCUT2D eigenvalue weighted by Gasteiger charge is -2.11. The third kappa shape index (κ3) is 3.09. The van der Waals surface area contributed by atoms with E-state index in [1.165, 1.54) is 0 Å². The first-order chi connectivity index (χ1) is 10.8. The number of hydrogen-bond acceptors (Lipinski definition) is 4. The molecule has 0 saturated carbocycles. The standard InChI is InChI=1S/C17H18N4O/c1-12-19-17(21-20-12)13-7-5-8-15(10-13)18-11-14-6-3-4-9-16(14)22-2/h3-10,18H,11H2,1-2H3,(H,19,20,21). The smallest absolute Gasteiger partial charge is 0.181 e. The van der Waals surface area contributed by atoms with Crippen LogP contribution in [0.4, 0.5) is 5.69 Å². The summed E-state index contributed by atoms with van der Waals surface area (Å²) in [6.45, 7) is 2.58. The van der Waals surface area contributed by atoms with Gasteiger partial charge in [-0.3, -0.25) is 5.10 Å². The van der Waals surface area contributed by atoms with Crippen molar-refractivity contribution in [2.75, 3.05) is 12.4 Å². The van der Waals surface area contributed by atoms with Gasteiger partial charge in [0.15, 0.2) is 5.82 Å². The van der Waals surface area contributed by atoms with E-state index in [2.05, 4.69) is 20.5 Å². The number of anilines is 1. The van der Waals surface area contributed by atoms with Crippen molar-refractivity contribution in [1.29, 1.82) is 0 Å². The van der Waals surface area contributed by atoms with E-state index in [0.717, 1.165) is 28.4 Å². The van der Waals surface area contributed by atoms with Crippen molar-refractivity contribution in [3.8, 4) is 17.1 Å². The third-order valence-corrected chi connectivity index (χ3v) is 3.39. The van der Waals surface area contributed by atoms with Crippen LogP contribution < -0.4 is 10.1 Å². The highest BCUT2D eigenvalue weighted by Crippen LogP contribution is 2.22. The maximum atomic E-state index is 5.37. The molecule has 22 heavy (non-hydrogen) atoms. The summed E-state index contributed by atoms with van der Waals surface area (Å²) in [7, 11) is 1.69. The molecule has 5 heteroatoms. The van der Waals surface area contributed by atoms with Gasteiger partial charge in [0.2, 0.25) is 0 Å². The van der Waals surface area contributed by atoms with Crippen molar-refractivity contribution in [2.45, 2.75) is 13.5 Å². The number of benzene rings is 2. The van der Waals surface area contributed by atoms with E-state index in [4.69, 9.17) is 4.74 Å². The van der Waals surface area contributed by atoms with Gasteiger partial charge in [0.1, 0.15) is 11.6 Å². The predicted octanol–water partition coefficient (Wildman–Crippen LogP) is 3.40. The van der Waals surface area contributed by atoms with Crippen LogP contribution in [0, 0.1) is 6.92 Å². The SMILES string of the molecule is COc1ccccc1CNc1cccc(-c2n[nH]c(C)n2)c1. The first-order valence-electron chi connectivity index (χ1n) is 7.11. The second kappa shape index (κ2) is 6.30. The van der Waals surface area contributed by atoms with Gasteiger partial charge in [0, 0.05) is 23.4 Å². The first-order valence-corrected chi connectivity index (χ1v) is 7.11. The summed E-state index contributed by atoms with van der Waals surface area (Å²) in [6, 6.07) is 16.0. The minimum atomic E-state index is 0.695.